The average Bonchev–Trinajstić information content (AvgIpc) is 3.31. The lowest BCUT2D eigenvalue weighted by molar-refractivity contribution is -0.137. The second-order valence-electron chi connectivity index (χ2n) is 7.89. The highest BCUT2D eigenvalue weighted by Crippen LogP contribution is 2.39. The summed E-state index contributed by atoms with van der Waals surface area (Å²) in [6, 6.07) is 13.5. The Morgan fingerprint density at radius 3 is 2.57 bits per heavy atom. The number of aromatic nitrogens is 3. The second-order valence-corrected chi connectivity index (χ2v) is 7.89. The Labute approximate surface area is 200 Å². The number of carbonyl (C=O) groups is 1. The number of nitrogens with one attached hydrogen (secondary N) is 2. The first-order chi connectivity index (χ1) is 16.9. The molecule has 1 amide bonds. The van der Waals surface area contributed by atoms with Gasteiger partial charge in [-0.2, -0.15) is 13.2 Å². The van der Waals surface area contributed by atoms with Gasteiger partial charge in [0.1, 0.15) is 5.82 Å². The average molecular weight is 483 g/mol. The number of alkyl halides is 3. The number of hydrogen-bond acceptors (Lipinski definition) is 5. The number of morpholine rings is 1. The third-order valence-corrected chi connectivity index (χ3v) is 5.54. The molecule has 182 valence electrons. The third-order valence-electron chi connectivity index (χ3n) is 5.54. The number of H-pyrrole nitrogens is 1. The number of aryl methyl sites for hydroxylation is 1. The van der Waals surface area contributed by atoms with Crippen LogP contribution in [0.2, 0.25) is 0 Å². The minimum atomic E-state index is -4.47. The number of ether oxygens (including phenoxy) is 1. The molecule has 0 saturated carbocycles. The summed E-state index contributed by atoms with van der Waals surface area (Å²) in [4.78, 5) is 23.0. The first kappa shape index (κ1) is 24.2. The van der Waals surface area contributed by atoms with Crippen molar-refractivity contribution >= 4 is 28.8 Å². The van der Waals surface area contributed by atoms with Gasteiger partial charge in [0.2, 0.25) is 6.41 Å². The number of nitrogens with zero attached hydrogens (tertiary/aromatic N) is 3. The highest BCUT2D eigenvalue weighted by atomic mass is 19.4. The van der Waals surface area contributed by atoms with E-state index in [-0.39, 0.29) is 11.4 Å². The number of anilines is 2. The summed E-state index contributed by atoms with van der Waals surface area (Å²) in [5.41, 5.74) is 2.98. The lowest BCUT2D eigenvalue weighted by Crippen LogP contribution is -2.36. The molecule has 3 heterocycles. The fourth-order valence-electron chi connectivity index (χ4n) is 3.81. The van der Waals surface area contributed by atoms with Gasteiger partial charge in [-0.3, -0.25) is 9.78 Å². The molecule has 2 aromatic heterocycles. The number of amides is 1. The highest BCUT2D eigenvalue weighted by Gasteiger charge is 2.35. The summed E-state index contributed by atoms with van der Waals surface area (Å²) in [6.45, 7) is 4.10. The van der Waals surface area contributed by atoms with E-state index in [1.54, 1.807) is 30.6 Å². The van der Waals surface area contributed by atoms with E-state index in [0.29, 0.717) is 49.6 Å². The standard InChI is InChI=1S/C19H18F3N3O.C6H6N2O/c1-12-3-2-4-16-17(12)24-18(23-16)14-6-5-13(11-15(14)19(20,21)22)25-7-9-26-10-8-25;9-5-8-6-2-1-3-7-4-6/h2-6,11H,7-10H2,1H3,(H,23,24);1-5H,(H,8,9). The molecule has 1 aliphatic rings. The zero-order valence-electron chi connectivity index (χ0n) is 19.0. The van der Waals surface area contributed by atoms with Crippen LogP contribution in [0.25, 0.3) is 22.4 Å². The van der Waals surface area contributed by atoms with Crippen LogP contribution >= 0.6 is 0 Å². The van der Waals surface area contributed by atoms with Crippen molar-refractivity contribution in [2.24, 2.45) is 0 Å². The molecule has 0 atom stereocenters. The van der Waals surface area contributed by atoms with Crippen molar-refractivity contribution in [1.82, 2.24) is 15.0 Å². The van der Waals surface area contributed by atoms with Gasteiger partial charge in [-0.1, -0.05) is 12.1 Å². The summed E-state index contributed by atoms with van der Waals surface area (Å²) in [5.74, 6) is 0.232. The minimum absolute atomic E-state index is 0.0603. The molecule has 0 spiro atoms. The second kappa shape index (κ2) is 10.6. The SMILES string of the molecule is Cc1cccc2[nH]c(-c3ccc(N4CCOCC4)cc3C(F)(F)F)nc12.O=CNc1cccnc1. The van der Waals surface area contributed by atoms with E-state index in [1.165, 1.54) is 12.1 Å². The van der Waals surface area contributed by atoms with E-state index in [1.807, 2.05) is 30.0 Å². The predicted octanol–water partition coefficient (Wildman–Crippen LogP) is 5.04. The molecule has 0 bridgehead atoms. The maximum atomic E-state index is 13.7. The first-order valence-electron chi connectivity index (χ1n) is 11.0. The van der Waals surface area contributed by atoms with Gasteiger partial charge < -0.3 is 19.9 Å². The zero-order valence-corrected chi connectivity index (χ0v) is 19.0. The van der Waals surface area contributed by atoms with Crippen LogP contribution in [0.1, 0.15) is 11.1 Å². The van der Waals surface area contributed by atoms with Gasteiger partial charge in [0.05, 0.1) is 41.7 Å². The Kier molecular flexibility index (Phi) is 7.31. The molecule has 0 radical (unpaired) electrons. The predicted molar refractivity (Wildman–Crippen MR) is 128 cm³/mol. The molecule has 7 nitrogen and oxygen atoms in total. The molecular formula is C25H24F3N5O2. The third kappa shape index (κ3) is 5.78. The molecule has 4 aromatic rings. The van der Waals surface area contributed by atoms with Gasteiger partial charge in [0.25, 0.3) is 0 Å². The molecule has 1 fully saturated rings. The van der Waals surface area contributed by atoms with E-state index in [0.717, 1.165) is 11.1 Å². The number of para-hydroxylation sites is 1. The summed E-state index contributed by atoms with van der Waals surface area (Å²) < 4.78 is 46.5. The number of pyridine rings is 1. The van der Waals surface area contributed by atoms with Crippen molar-refractivity contribution in [2.45, 2.75) is 13.1 Å². The fourth-order valence-corrected chi connectivity index (χ4v) is 3.81. The Morgan fingerprint density at radius 1 is 1.11 bits per heavy atom. The lowest BCUT2D eigenvalue weighted by Gasteiger charge is -2.29. The molecule has 2 N–H and O–H groups in total. The molecule has 10 heteroatoms. The zero-order chi connectivity index (χ0) is 24.8. The Bertz CT molecular complexity index is 1290. The van der Waals surface area contributed by atoms with E-state index < -0.39 is 11.7 Å². The normalized spacial score (nSPS) is 13.8. The number of imidazole rings is 1. The Morgan fingerprint density at radius 2 is 1.91 bits per heavy atom. The van der Waals surface area contributed by atoms with Crippen molar-refractivity contribution in [3.05, 3.63) is 72.1 Å². The van der Waals surface area contributed by atoms with Crippen LogP contribution in [0, 0.1) is 6.92 Å². The van der Waals surface area contributed by atoms with Crippen LogP contribution in [-0.4, -0.2) is 47.7 Å². The topological polar surface area (TPSA) is 83.1 Å². The molecule has 2 aromatic carbocycles. The van der Waals surface area contributed by atoms with Gasteiger partial charge in [0.15, 0.2) is 0 Å². The Hall–Kier alpha value is -3.92. The van der Waals surface area contributed by atoms with Crippen LogP contribution in [0.15, 0.2) is 60.9 Å². The maximum Gasteiger partial charge on any atom is 0.417 e. The molecule has 35 heavy (non-hydrogen) atoms. The van der Waals surface area contributed by atoms with Gasteiger partial charge in [0, 0.05) is 30.5 Å². The smallest absolute Gasteiger partial charge is 0.378 e. The number of hydrogen-bond donors (Lipinski definition) is 2. The van der Waals surface area contributed by atoms with Crippen LogP contribution < -0.4 is 10.2 Å². The van der Waals surface area contributed by atoms with Crippen LogP contribution in [0.3, 0.4) is 0 Å². The number of benzene rings is 2. The summed E-state index contributed by atoms with van der Waals surface area (Å²) in [5, 5.41) is 2.46. The maximum absolute atomic E-state index is 13.7. The molecule has 0 aliphatic carbocycles. The number of fused-ring (bicyclic) bond motifs is 1. The largest absolute Gasteiger partial charge is 0.417 e. The monoisotopic (exact) mass is 483 g/mol. The van der Waals surface area contributed by atoms with E-state index in [4.69, 9.17) is 4.74 Å². The first-order valence-corrected chi connectivity index (χ1v) is 11.0. The van der Waals surface area contributed by atoms with Crippen molar-refractivity contribution in [3.63, 3.8) is 0 Å². The van der Waals surface area contributed by atoms with E-state index >= 15 is 0 Å². The number of rotatable bonds is 4. The van der Waals surface area contributed by atoms with Crippen molar-refractivity contribution < 1.29 is 22.7 Å². The minimum Gasteiger partial charge on any atom is -0.378 e. The highest BCUT2D eigenvalue weighted by molar-refractivity contribution is 5.83. The number of aromatic amines is 1. The van der Waals surface area contributed by atoms with Gasteiger partial charge in [-0.05, 0) is 48.9 Å². The summed E-state index contributed by atoms with van der Waals surface area (Å²) in [7, 11) is 0. The molecule has 1 aliphatic heterocycles. The van der Waals surface area contributed by atoms with Crippen LogP contribution in [0.5, 0.6) is 0 Å². The van der Waals surface area contributed by atoms with Gasteiger partial charge in [-0.15, -0.1) is 0 Å². The quantitative estimate of drug-likeness (QED) is 0.397. The van der Waals surface area contributed by atoms with Crippen LogP contribution in [-0.2, 0) is 15.7 Å². The number of halogens is 3. The fraction of sp³-hybridized carbons (Fsp3) is 0.240. The van der Waals surface area contributed by atoms with Crippen molar-refractivity contribution in [1.29, 1.82) is 0 Å². The van der Waals surface area contributed by atoms with Gasteiger partial charge in [-0.25, -0.2) is 4.98 Å². The molecule has 0 unspecified atom stereocenters. The van der Waals surface area contributed by atoms with Crippen molar-refractivity contribution in [3.8, 4) is 11.4 Å². The van der Waals surface area contributed by atoms with Crippen molar-refractivity contribution in [2.75, 3.05) is 36.5 Å². The van der Waals surface area contributed by atoms with Gasteiger partial charge >= 0.3 is 6.18 Å². The lowest BCUT2D eigenvalue weighted by atomic mass is 10.0. The summed E-state index contributed by atoms with van der Waals surface area (Å²) >= 11 is 0. The van der Waals surface area contributed by atoms with Crippen LogP contribution in [0.4, 0.5) is 24.5 Å². The van der Waals surface area contributed by atoms with E-state index in [9.17, 15) is 18.0 Å². The molecule has 5 rings (SSSR count). The molecule has 1 saturated heterocycles. The van der Waals surface area contributed by atoms with E-state index in [2.05, 4.69) is 20.3 Å². The summed E-state index contributed by atoms with van der Waals surface area (Å²) in [6.07, 6.45) is -0.618. The molecular weight excluding hydrogens is 459 g/mol. The Balaban J connectivity index is 0.000000271. The number of carbonyl (C=O) groups excluding carboxylic acids is 1.